The lowest BCUT2D eigenvalue weighted by molar-refractivity contribution is 0.0789. The quantitative estimate of drug-likeness (QED) is 0.837. The molecule has 1 aliphatic rings. The van der Waals surface area contributed by atoms with Crippen LogP contribution in [0.15, 0.2) is 30.3 Å². The minimum atomic E-state index is 0.126. The Morgan fingerprint density at radius 3 is 2.44 bits per heavy atom. The zero-order chi connectivity index (χ0) is 12.8. The van der Waals surface area contributed by atoms with Crippen molar-refractivity contribution in [3.63, 3.8) is 0 Å². The molecule has 2 heteroatoms. The average Bonchev–Trinajstić information content (AvgIpc) is 2.47. The smallest absolute Gasteiger partial charge is 0.0499 e. The largest absolute Gasteiger partial charge is 0.396 e. The molecule has 1 saturated carbocycles. The lowest BCUT2D eigenvalue weighted by Gasteiger charge is -2.36. The van der Waals surface area contributed by atoms with Crippen LogP contribution in [-0.2, 0) is 0 Å². The van der Waals surface area contributed by atoms with E-state index in [1.807, 2.05) is 6.07 Å². The highest BCUT2D eigenvalue weighted by Gasteiger charge is 2.31. The Hall–Kier alpha value is -0.860. The Morgan fingerprint density at radius 1 is 1.17 bits per heavy atom. The van der Waals surface area contributed by atoms with E-state index in [-0.39, 0.29) is 5.41 Å². The molecule has 2 N–H and O–H groups in total. The highest BCUT2D eigenvalue weighted by atomic mass is 16.3. The van der Waals surface area contributed by atoms with E-state index < -0.39 is 0 Å². The number of hydrogen-bond acceptors (Lipinski definition) is 2. The standard InChI is InChI=1S/C16H25NO/c1-14(15-8-4-2-5-9-15)17-12-16(13-18)10-6-3-7-11-16/h2,4-5,8-9,14,17-18H,3,6-7,10-13H2,1H3/t14-/m0/s1. The molecular weight excluding hydrogens is 222 g/mol. The molecule has 0 heterocycles. The van der Waals surface area contributed by atoms with Crippen LogP contribution in [0.2, 0.25) is 0 Å². The molecule has 0 spiro atoms. The van der Waals surface area contributed by atoms with E-state index in [1.54, 1.807) is 0 Å². The van der Waals surface area contributed by atoms with Gasteiger partial charge < -0.3 is 10.4 Å². The summed E-state index contributed by atoms with van der Waals surface area (Å²) >= 11 is 0. The van der Waals surface area contributed by atoms with Crippen LogP contribution in [-0.4, -0.2) is 18.3 Å². The second-order valence-corrected chi connectivity index (χ2v) is 5.73. The second-order valence-electron chi connectivity index (χ2n) is 5.73. The number of rotatable bonds is 5. The van der Waals surface area contributed by atoms with Crippen LogP contribution in [0.5, 0.6) is 0 Å². The molecule has 1 aliphatic carbocycles. The van der Waals surface area contributed by atoms with Crippen molar-refractivity contribution in [1.82, 2.24) is 5.32 Å². The number of benzene rings is 1. The maximum absolute atomic E-state index is 9.68. The molecule has 1 aromatic rings. The fourth-order valence-corrected chi connectivity index (χ4v) is 2.92. The lowest BCUT2D eigenvalue weighted by Crippen LogP contribution is -2.39. The van der Waals surface area contributed by atoms with Crippen molar-refractivity contribution in [2.24, 2.45) is 5.41 Å². The molecule has 2 rings (SSSR count). The molecule has 0 bridgehead atoms. The van der Waals surface area contributed by atoms with E-state index in [1.165, 1.54) is 24.8 Å². The Morgan fingerprint density at radius 2 is 1.83 bits per heavy atom. The number of aliphatic hydroxyl groups excluding tert-OH is 1. The summed E-state index contributed by atoms with van der Waals surface area (Å²) in [6.45, 7) is 3.45. The van der Waals surface area contributed by atoms with Gasteiger partial charge in [0.2, 0.25) is 0 Å². The molecule has 0 aromatic heterocycles. The molecule has 0 unspecified atom stereocenters. The first-order chi connectivity index (χ1) is 8.76. The van der Waals surface area contributed by atoms with Crippen molar-refractivity contribution in [1.29, 1.82) is 0 Å². The maximum atomic E-state index is 9.68. The molecule has 100 valence electrons. The van der Waals surface area contributed by atoms with E-state index in [0.29, 0.717) is 12.6 Å². The fourth-order valence-electron chi connectivity index (χ4n) is 2.92. The van der Waals surface area contributed by atoms with Crippen LogP contribution < -0.4 is 5.32 Å². The minimum Gasteiger partial charge on any atom is -0.396 e. The molecule has 0 amide bonds. The summed E-state index contributed by atoms with van der Waals surface area (Å²) in [7, 11) is 0. The molecule has 18 heavy (non-hydrogen) atoms. The second kappa shape index (κ2) is 6.35. The Kier molecular flexibility index (Phi) is 4.79. The van der Waals surface area contributed by atoms with E-state index in [2.05, 4.69) is 36.5 Å². The monoisotopic (exact) mass is 247 g/mol. The molecule has 1 atom stereocenters. The molecule has 0 saturated heterocycles. The van der Waals surface area contributed by atoms with Gasteiger partial charge in [-0.1, -0.05) is 49.6 Å². The fraction of sp³-hybridized carbons (Fsp3) is 0.625. The van der Waals surface area contributed by atoms with Gasteiger partial charge in [0.15, 0.2) is 0 Å². The van der Waals surface area contributed by atoms with Crippen molar-refractivity contribution >= 4 is 0 Å². The van der Waals surface area contributed by atoms with Crippen molar-refractivity contribution < 1.29 is 5.11 Å². The summed E-state index contributed by atoms with van der Waals surface area (Å²) in [6, 6.07) is 10.9. The predicted octanol–water partition coefficient (Wildman–Crippen LogP) is 3.28. The Labute approximate surface area is 110 Å². The van der Waals surface area contributed by atoms with E-state index in [4.69, 9.17) is 0 Å². The summed E-state index contributed by atoms with van der Waals surface area (Å²) < 4.78 is 0. The third-order valence-corrected chi connectivity index (χ3v) is 4.33. The topological polar surface area (TPSA) is 32.3 Å². The van der Waals surface area contributed by atoms with Gasteiger partial charge in [0.05, 0.1) is 0 Å². The van der Waals surface area contributed by atoms with Crippen molar-refractivity contribution in [2.45, 2.75) is 45.1 Å². The summed E-state index contributed by atoms with van der Waals surface area (Å²) in [4.78, 5) is 0. The van der Waals surface area contributed by atoms with Crippen LogP contribution in [0.3, 0.4) is 0 Å². The SMILES string of the molecule is C[C@H](NCC1(CO)CCCCC1)c1ccccc1. The van der Waals surface area contributed by atoms with E-state index >= 15 is 0 Å². The molecular formula is C16H25NO. The van der Waals surface area contributed by atoms with Crippen LogP contribution >= 0.6 is 0 Å². The zero-order valence-corrected chi connectivity index (χ0v) is 11.4. The third-order valence-electron chi connectivity index (χ3n) is 4.33. The summed E-state index contributed by atoms with van der Waals surface area (Å²) in [6.07, 6.45) is 6.19. The molecule has 2 nitrogen and oxygen atoms in total. The summed E-state index contributed by atoms with van der Waals surface area (Å²) in [5.74, 6) is 0. The summed E-state index contributed by atoms with van der Waals surface area (Å²) in [5.41, 5.74) is 1.45. The first-order valence-corrected chi connectivity index (χ1v) is 7.15. The Balaban J connectivity index is 1.90. The molecule has 0 aliphatic heterocycles. The van der Waals surface area contributed by atoms with Gasteiger partial charge in [0.1, 0.15) is 0 Å². The lowest BCUT2D eigenvalue weighted by atomic mass is 9.74. The molecule has 1 fully saturated rings. The zero-order valence-electron chi connectivity index (χ0n) is 11.4. The number of nitrogens with one attached hydrogen (secondary N) is 1. The third kappa shape index (κ3) is 3.33. The highest BCUT2D eigenvalue weighted by Crippen LogP contribution is 2.35. The van der Waals surface area contributed by atoms with Crippen LogP contribution in [0, 0.1) is 5.41 Å². The van der Waals surface area contributed by atoms with Gasteiger partial charge in [-0.3, -0.25) is 0 Å². The van der Waals surface area contributed by atoms with Gasteiger partial charge in [-0.05, 0) is 25.3 Å². The number of aliphatic hydroxyl groups is 1. The van der Waals surface area contributed by atoms with Crippen LogP contribution in [0.25, 0.3) is 0 Å². The first-order valence-electron chi connectivity index (χ1n) is 7.15. The number of hydrogen-bond donors (Lipinski definition) is 2. The van der Waals surface area contributed by atoms with Crippen molar-refractivity contribution in [3.05, 3.63) is 35.9 Å². The van der Waals surface area contributed by atoms with Gasteiger partial charge in [-0.15, -0.1) is 0 Å². The van der Waals surface area contributed by atoms with Gasteiger partial charge in [-0.2, -0.15) is 0 Å². The van der Waals surface area contributed by atoms with Gasteiger partial charge in [0, 0.05) is 24.6 Å². The van der Waals surface area contributed by atoms with Crippen LogP contribution in [0.1, 0.15) is 50.6 Å². The van der Waals surface area contributed by atoms with E-state index in [9.17, 15) is 5.11 Å². The highest BCUT2D eigenvalue weighted by molar-refractivity contribution is 5.18. The molecule has 1 aromatic carbocycles. The van der Waals surface area contributed by atoms with Crippen LogP contribution in [0.4, 0.5) is 0 Å². The normalized spacial score (nSPS) is 20.6. The average molecular weight is 247 g/mol. The van der Waals surface area contributed by atoms with Gasteiger partial charge in [-0.25, -0.2) is 0 Å². The maximum Gasteiger partial charge on any atom is 0.0499 e. The van der Waals surface area contributed by atoms with E-state index in [0.717, 1.165) is 19.4 Å². The minimum absolute atomic E-state index is 0.126. The van der Waals surface area contributed by atoms with Crippen molar-refractivity contribution in [2.75, 3.05) is 13.2 Å². The predicted molar refractivity (Wildman–Crippen MR) is 75.5 cm³/mol. The summed E-state index contributed by atoms with van der Waals surface area (Å²) in [5, 5.41) is 13.3. The first kappa shape index (κ1) is 13.6. The molecule has 0 radical (unpaired) electrons. The van der Waals surface area contributed by atoms with Gasteiger partial charge in [0.25, 0.3) is 0 Å². The Bertz CT molecular complexity index is 343. The van der Waals surface area contributed by atoms with Gasteiger partial charge >= 0.3 is 0 Å². The van der Waals surface area contributed by atoms with Crippen molar-refractivity contribution in [3.8, 4) is 0 Å².